The van der Waals surface area contributed by atoms with Crippen molar-refractivity contribution in [1.82, 2.24) is 25.0 Å². The number of alkyl halides is 2. The van der Waals surface area contributed by atoms with Crippen molar-refractivity contribution in [2.24, 2.45) is 0 Å². The Morgan fingerprint density at radius 1 is 1.17 bits per heavy atom. The number of ether oxygens (including phenoxy) is 1. The van der Waals surface area contributed by atoms with Gasteiger partial charge in [0.25, 0.3) is 6.43 Å². The van der Waals surface area contributed by atoms with Gasteiger partial charge >= 0.3 is 0 Å². The van der Waals surface area contributed by atoms with Crippen molar-refractivity contribution in [3.05, 3.63) is 59.1 Å². The molecule has 0 N–H and O–H groups in total. The Morgan fingerprint density at radius 2 is 1.93 bits per heavy atom. The normalized spacial score (nSPS) is 26.5. The number of fused-ring (bicyclic) bond motifs is 5. The second kappa shape index (κ2) is 10.4. The number of carbonyl (C=O) groups is 1. The topological polar surface area (TPSA) is 77.9 Å². The standard InChI is InChI=1S/C31H37F2N7O2/c1-4-26(41)39-14-12-37(13-15-39)24-18-40-22(24)7-5-6-21-23(40)16-25(35-29(21)30(32)33)38-10-8-31(9-11-38)27-19(2)17-34-36-28(27)20(3)42-31/h4-6,16-17,20,22,24,30H,1,7-15,18H2,2-3H3/t20-,22+,24-/m1/s1. The summed E-state index contributed by atoms with van der Waals surface area (Å²) in [6.45, 7) is 12.7. The summed E-state index contributed by atoms with van der Waals surface area (Å²) >= 11 is 0. The zero-order chi connectivity index (χ0) is 29.2. The van der Waals surface area contributed by atoms with Crippen LogP contribution in [0.3, 0.4) is 0 Å². The third-order valence-electron chi connectivity index (χ3n) is 9.93. The third-order valence-corrected chi connectivity index (χ3v) is 9.93. The van der Waals surface area contributed by atoms with Gasteiger partial charge in [0, 0.05) is 75.1 Å². The molecule has 2 aromatic heterocycles. The monoisotopic (exact) mass is 577 g/mol. The summed E-state index contributed by atoms with van der Waals surface area (Å²) in [5.41, 5.74) is 3.92. The number of anilines is 2. The summed E-state index contributed by atoms with van der Waals surface area (Å²) < 4.78 is 35.4. The number of piperazine rings is 1. The summed E-state index contributed by atoms with van der Waals surface area (Å²) in [4.78, 5) is 25.3. The first-order valence-electron chi connectivity index (χ1n) is 15.0. The van der Waals surface area contributed by atoms with Crippen LogP contribution in [0.1, 0.15) is 66.8 Å². The van der Waals surface area contributed by atoms with Crippen molar-refractivity contribution in [2.45, 2.75) is 63.3 Å². The number of piperidine rings is 1. The fourth-order valence-electron chi connectivity index (χ4n) is 7.75. The van der Waals surface area contributed by atoms with Crippen LogP contribution < -0.4 is 9.80 Å². The van der Waals surface area contributed by atoms with Crippen molar-refractivity contribution in [3.63, 3.8) is 0 Å². The molecule has 0 aromatic carbocycles. The van der Waals surface area contributed by atoms with Gasteiger partial charge in [0.2, 0.25) is 5.91 Å². The Labute approximate surface area is 244 Å². The van der Waals surface area contributed by atoms with Gasteiger partial charge in [0.1, 0.15) is 17.6 Å². The second-order valence-electron chi connectivity index (χ2n) is 12.1. The number of halogens is 2. The van der Waals surface area contributed by atoms with Gasteiger partial charge < -0.3 is 19.4 Å². The quantitative estimate of drug-likeness (QED) is 0.505. The first kappa shape index (κ1) is 27.4. The molecule has 5 aliphatic heterocycles. The molecule has 5 aliphatic rings. The number of aromatic nitrogens is 3. The predicted molar refractivity (Wildman–Crippen MR) is 156 cm³/mol. The van der Waals surface area contributed by atoms with Gasteiger partial charge in [0.05, 0.1) is 23.2 Å². The van der Waals surface area contributed by atoms with Crippen LogP contribution in [-0.2, 0) is 15.1 Å². The number of aryl methyl sites for hydroxylation is 1. The summed E-state index contributed by atoms with van der Waals surface area (Å²) in [7, 11) is 0. The number of hydrogen-bond acceptors (Lipinski definition) is 8. The van der Waals surface area contributed by atoms with Gasteiger partial charge in [-0.3, -0.25) is 9.69 Å². The molecule has 7 heterocycles. The van der Waals surface area contributed by atoms with Gasteiger partial charge in [0.15, 0.2) is 0 Å². The third kappa shape index (κ3) is 4.31. The highest BCUT2D eigenvalue weighted by molar-refractivity contribution is 5.87. The maximum absolute atomic E-state index is 14.5. The highest BCUT2D eigenvalue weighted by Gasteiger charge is 2.48. The first-order valence-corrected chi connectivity index (χ1v) is 15.0. The average Bonchev–Trinajstić information content (AvgIpc) is 3.17. The highest BCUT2D eigenvalue weighted by Crippen LogP contribution is 2.50. The minimum absolute atomic E-state index is 0.0265. The van der Waals surface area contributed by atoms with Crippen LogP contribution in [0, 0.1) is 6.92 Å². The van der Waals surface area contributed by atoms with E-state index >= 15 is 0 Å². The Kier molecular flexibility index (Phi) is 6.77. The van der Waals surface area contributed by atoms with Crippen LogP contribution >= 0.6 is 0 Å². The molecule has 1 amide bonds. The highest BCUT2D eigenvalue weighted by atomic mass is 19.3. The molecular weight excluding hydrogens is 540 g/mol. The lowest BCUT2D eigenvalue weighted by Gasteiger charge is -2.55. The Bertz CT molecular complexity index is 1430. The molecule has 2 aromatic rings. The molecule has 7 rings (SSSR count). The zero-order valence-corrected chi connectivity index (χ0v) is 24.2. The van der Waals surface area contributed by atoms with Crippen LogP contribution in [0.15, 0.2) is 31.0 Å². The maximum atomic E-state index is 14.5. The molecule has 0 radical (unpaired) electrons. The van der Waals surface area contributed by atoms with E-state index in [0.29, 0.717) is 43.6 Å². The minimum Gasteiger partial charge on any atom is -0.364 e. The number of pyridine rings is 1. The molecular formula is C31H37F2N7O2. The Morgan fingerprint density at radius 3 is 2.64 bits per heavy atom. The molecule has 0 bridgehead atoms. The fraction of sp³-hybridized carbons (Fsp3) is 0.548. The molecule has 0 aliphatic carbocycles. The molecule has 42 heavy (non-hydrogen) atoms. The Balaban J connectivity index is 1.12. The van der Waals surface area contributed by atoms with Crippen molar-refractivity contribution in [2.75, 3.05) is 55.6 Å². The Hall–Kier alpha value is -3.44. The summed E-state index contributed by atoms with van der Waals surface area (Å²) in [5.74, 6) is 0.574. The van der Waals surface area contributed by atoms with Crippen LogP contribution in [0.5, 0.6) is 0 Å². The lowest BCUT2D eigenvalue weighted by Crippen LogP contribution is -2.69. The van der Waals surface area contributed by atoms with Crippen LogP contribution in [0.4, 0.5) is 20.3 Å². The van der Waals surface area contributed by atoms with E-state index in [1.54, 1.807) is 6.20 Å². The van der Waals surface area contributed by atoms with E-state index < -0.39 is 12.0 Å². The fourth-order valence-corrected chi connectivity index (χ4v) is 7.75. The van der Waals surface area contributed by atoms with Gasteiger partial charge in [-0.15, -0.1) is 0 Å². The number of amides is 1. The lowest BCUT2D eigenvalue weighted by atomic mass is 9.83. The molecule has 3 atom stereocenters. The van der Waals surface area contributed by atoms with E-state index in [1.807, 2.05) is 30.0 Å². The molecule has 3 saturated heterocycles. The molecule has 9 nitrogen and oxygen atoms in total. The number of hydrogen-bond donors (Lipinski definition) is 0. The largest absolute Gasteiger partial charge is 0.364 e. The maximum Gasteiger partial charge on any atom is 0.281 e. The lowest BCUT2D eigenvalue weighted by molar-refractivity contribution is -0.128. The smallest absolute Gasteiger partial charge is 0.281 e. The van der Waals surface area contributed by atoms with Gasteiger partial charge in [-0.2, -0.15) is 10.2 Å². The van der Waals surface area contributed by atoms with Gasteiger partial charge in [-0.1, -0.05) is 18.7 Å². The van der Waals surface area contributed by atoms with E-state index in [4.69, 9.17) is 4.74 Å². The summed E-state index contributed by atoms with van der Waals surface area (Å²) in [6.07, 6.45) is 6.48. The number of carbonyl (C=O) groups excluding carboxylic acids is 1. The summed E-state index contributed by atoms with van der Waals surface area (Å²) in [5, 5.41) is 8.51. The van der Waals surface area contributed by atoms with Gasteiger partial charge in [-0.05, 0) is 44.7 Å². The van der Waals surface area contributed by atoms with Crippen molar-refractivity contribution in [1.29, 1.82) is 0 Å². The summed E-state index contributed by atoms with van der Waals surface area (Å²) in [6, 6.07) is 2.53. The SMILES string of the molecule is C=CC(=O)N1CCN([C@@H]2CN3c4cc(N5CCC6(CC5)O[C@H](C)c5nncc(C)c56)nc(C(F)F)c4C=CC[C@@H]23)CC1. The molecule has 11 heteroatoms. The van der Waals surface area contributed by atoms with Gasteiger partial charge in [-0.25, -0.2) is 13.8 Å². The van der Waals surface area contributed by atoms with Crippen molar-refractivity contribution in [3.8, 4) is 0 Å². The minimum atomic E-state index is -2.67. The van der Waals surface area contributed by atoms with E-state index in [0.717, 1.165) is 61.4 Å². The van der Waals surface area contributed by atoms with E-state index in [9.17, 15) is 13.6 Å². The van der Waals surface area contributed by atoms with E-state index in [1.165, 1.54) is 6.08 Å². The van der Waals surface area contributed by atoms with Crippen LogP contribution in [0.25, 0.3) is 6.08 Å². The zero-order valence-electron chi connectivity index (χ0n) is 24.2. The number of rotatable bonds is 4. The van der Waals surface area contributed by atoms with Crippen LogP contribution in [-0.4, -0.2) is 88.8 Å². The molecule has 0 unspecified atom stereocenters. The van der Waals surface area contributed by atoms with E-state index in [2.05, 4.69) is 43.4 Å². The predicted octanol–water partition coefficient (Wildman–Crippen LogP) is 4.01. The molecule has 1 spiro atoms. The second-order valence-corrected chi connectivity index (χ2v) is 12.1. The average molecular weight is 578 g/mol. The van der Waals surface area contributed by atoms with E-state index in [-0.39, 0.29) is 23.7 Å². The van der Waals surface area contributed by atoms with Crippen molar-refractivity contribution < 1.29 is 18.3 Å². The first-order chi connectivity index (χ1) is 20.3. The number of nitrogens with zero attached hydrogens (tertiary/aromatic N) is 7. The van der Waals surface area contributed by atoms with Crippen molar-refractivity contribution >= 4 is 23.5 Å². The molecule has 3 fully saturated rings. The molecule has 0 saturated carbocycles. The van der Waals surface area contributed by atoms with Crippen LogP contribution in [0.2, 0.25) is 0 Å². The molecule has 222 valence electrons.